The van der Waals surface area contributed by atoms with Crippen molar-refractivity contribution in [1.29, 1.82) is 0 Å². The molecule has 5 nitrogen and oxygen atoms in total. The van der Waals surface area contributed by atoms with Crippen LogP contribution in [0.15, 0.2) is 36.5 Å². The van der Waals surface area contributed by atoms with Gasteiger partial charge in [-0.25, -0.2) is 0 Å². The van der Waals surface area contributed by atoms with Gasteiger partial charge in [0.05, 0.1) is 6.54 Å². The zero-order chi connectivity index (χ0) is 21.7. The zero-order valence-electron chi connectivity index (χ0n) is 18.1. The summed E-state index contributed by atoms with van der Waals surface area (Å²) in [6.45, 7) is 2.80. The average molecular weight is 437 g/mol. The minimum absolute atomic E-state index is 0.0387. The van der Waals surface area contributed by atoms with E-state index >= 15 is 0 Å². The fourth-order valence-electron chi connectivity index (χ4n) is 5.62. The number of ketones is 1. The molecule has 162 valence electrons. The Balaban J connectivity index is 1.63. The monoisotopic (exact) mass is 436 g/mol. The number of nitrogens with zero attached hydrogens (tertiary/aromatic N) is 3. The first-order valence-electron chi connectivity index (χ1n) is 11.1. The largest absolute Gasteiger partial charge is 0.344 e. The molecule has 0 saturated carbocycles. The Morgan fingerprint density at radius 1 is 1.29 bits per heavy atom. The van der Waals surface area contributed by atoms with Crippen LogP contribution < -0.4 is 5.73 Å². The van der Waals surface area contributed by atoms with E-state index in [0.717, 1.165) is 29.2 Å². The molecule has 2 aromatic heterocycles. The number of hydrogen-bond donors (Lipinski definition) is 1. The number of hydrogen-bond acceptors (Lipinski definition) is 4. The SMILES string of the molecule is Cc1ccc(C(CC(=O)CN)Cn2c3c(c4cc(Cl)ccc42)C2CCC(C3)N2C)cn1. The smallest absolute Gasteiger partial charge is 0.147 e. The van der Waals surface area contributed by atoms with Gasteiger partial charge >= 0.3 is 0 Å². The number of aromatic nitrogens is 2. The van der Waals surface area contributed by atoms with Crippen LogP contribution in [-0.4, -0.2) is 39.9 Å². The zero-order valence-corrected chi connectivity index (χ0v) is 18.9. The molecule has 0 spiro atoms. The molecular formula is C25H29ClN4O. The van der Waals surface area contributed by atoms with Gasteiger partial charge in [0.25, 0.3) is 0 Å². The minimum Gasteiger partial charge on any atom is -0.344 e. The molecule has 6 heteroatoms. The van der Waals surface area contributed by atoms with Crippen molar-refractivity contribution in [3.8, 4) is 0 Å². The lowest BCUT2D eigenvalue weighted by molar-refractivity contribution is -0.118. The first-order valence-corrected chi connectivity index (χ1v) is 11.5. The number of carbonyl (C=O) groups excluding carboxylic acids is 1. The summed E-state index contributed by atoms with van der Waals surface area (Å²) in [7, 11) is 2.25. The third-order valence-corrected chi connectivity index (χ3v) is 7.52. The standard InChI is InChI=1S/C25H29ClN4O/c1-15-3-4-16(13-28-15)17(9-20(31)12-27)14-30-22-7-5-18(26)10-21(22)25-23-8-6-19(29(23)2)11-24(25)30/h3-5,7,10,13,17,19,23H,6,8-9,11-12,14,27H2,1-2H3. The van der Waals surface area contributed by atoms with Crippen molar-refractivity contribution >= 4 is 28.3 Å². The van der Waals surface area contributed by atoms with Crippen LogP contribution in [0.4, 0.5) is 0 Å². The van der Waals surface area contributed by atoms with Gasteiger partial charge in [0.2, 0.25) is 0 Å². The number of likely N-dealkylation sites (N-methyl/N-ethyl adjacent to an activating group) is 1. The molecule has 0 radical (unpaired) electrons. The van der Waals surface area contributed by atoms with Crippen molar-refractivity contribution in [2.75, 3.05) is 13.6 Å². The number of nitrogens with two attached hydrogens (primary N) is 1. The van der Waals surface area contributed by atoms with Gasteiger partial charge in [-0.2, -0.15) is 0 Å². The van der Waals surface area contributed by atoms with E-state index in [0.29, 0.717) is 18.5 Å². The number of halogens is 1. The van der Waals surface area contributed by atoms with Gasteiger partial charge in [-0.1, -0.05) is 17.7 Å². The number of benzene rings is 1. The Hall–Kier alpha value is -2.21. The molecular weight excluding hydrogens is 408 g/mol. The van der Waals surface area contributed by atoms with Crippen LogP contribution in [0.25, 0.3) is 10.9 Å². The number of Topliss-reactive ketones (excluding diaryl/α,β-unsaturated/α-hetero) is 1. The Morgan fingerprint density at radius 3 is 2.87 bits per heavy atom. The molecule has 2 bridgehead atoms. The van der Waals surface area contributed by atoms with E-state index in [1.165, 1.54) is 35.0 Å². The second-order valence-electron chi connectivity index (χ2n) is 9.13. The van der Waals surface area contributed by atoms with Gasteiger partial charge in [0.15, 0.2) is 0 Å². The summed E-state index contributed by atoms with van der Waals surface area (Å²) in [6, 6.07) is 11.4. The molecule has 31 heavy (non-hydrogen) atoms. The van der Waals surface area contributed by atoms with E-state index in [1.54, 1.807) is 0 Å². The predicted molar refractivity (Wildman–Crippen MR) is 125 cm³/mol. The maximum absolute atomic E-state index is 12.4. The molecule has 0 amide bonds. The van der Waals surface area contributed by atoms with E-state index in [4.69, 9.17) is 17.3 Å². The van der Waals surface area contributed by atoms with E-state index < -0.39 is 0 Å². The fraction of sp³-hybridized carbons (Fsp3) is 0.440. The molecule has 5 rings (SSSR count). The molecule has 3 atom stereocenters. The summed E-state index contributed by atoms with van der Waals surface area (Å²) in [5.74, 6) is 0.121. The van der Waals surface area contributed by atoms with Gasteiger partial charge in [-0.3, -0.25) is 14.7 Å². The highest BCUT2D eigenvalue weighted by Gasteiger charge is 2.41. The fourth-order valence-corrected chi connectivity index (χ4v) is 5.79. The van der Waals surface area contributed by atoms with Crippen molar-refractivity contribution in [1.82, 2.24) is 14.5 Å². The van der Waals surface area contributed by atoms with Gasteiger partial charge in [-0.15, -0.1) is 0 Å². The predicted octanol–water partition coefficient (Wildman–Crippen LogP) is 4.39. The molecule has 3 aromatic rings. The van der Waals surface area contributed by atoms with E-state index in [2.05, 4.69) is 39.7 Å². The first kappa shape index (κ1) is 20.7. The molecule has 1 saturated heterocycles. The highest BCUT2D eigenvalue weighted by atomic mass is 35.5. The maximum Gasteiger partial charge on any atom is 0.147 e. The van der Waals surface area contributed by atoms with Crippen LogP contribution in [0, 0.1) is 6.92 Å². The van der Waals surface area contributed by atoms with E-state index in [1.807, 2.05) is 25.3 Å². The van der Waals surface area contributed by atoms with Crippen molar-refractivity contribution in [3.63, 3.8) is 0 Å². The summed E-state index contributed by atoms with van der Waals surface area (Å²) >= 11 is 6.42. The number of rotatable bonds is 6. The van der Waals surface area contributed by atoms with Crippen molar-refractivity contribution in [2.24, 2.45) is 5.73 Å². The average Bonchev–Trinajstić information content (AvgIpc) is 3.17. The number of fused-ring (bicyclic) bond motifs is 6. The molecule has 0 aliphatic carbocycles. The highest BCUT2D eigenvalue weighted by molar-refractivity contribution is 6.31. The highest BCUT2D eigenvalue weighted by Crippen LogP contribution is 2.47. The number of pyridine rings is 1. The molecule has 4 heterocycles. The lowest BCUT2D eigenvalue weighted by atomic mass is 9.94. The molecule has 1 aromatic carbocycles. The van der Waals surface area contributed by atoms with Crippen LogP contribution in [0.5, 0.6) is 0 Å². The van der Waals surface area contributed by atoms with Crippen molar-refractivity contribution in [2.45, 2.75) is 57.2 Å². The Labute approximate surface area is 188 Å². The van der Waals surface area contributed by atoms with Gasteiger partial charge in [0, 0.05) is 70.9 Å². The Bertz CT molecular complexity index is 1140. The van der Waals surface area contributed by atoms with E-state index in [9.17, 15) is 4.79 Å². The molecule has 2 N–H and O–H groups in total. The van der Waals surface area contributed by atoms with Gasteiger partial charge in [-0.05, 0) is 62.2 Å². The normalized spacial score (nSPS) is 21.4. The van der Waals surface area contributed by atoms with Crippen LogP contribution in [-0.2, 0) is 17.8 Å². The quantitative estimate of drug-likeness (QED) is 0.622. The van der Waals surface area contributed by atoms with Crippen molar-refractivity contribution in [3.05, 3.63) is 64.1 Å². The van der Waals surface area contributed by atoms with Crippen LogP contribution >= 0.6 is 11.6 Å². The van der Waals surface area contributed by atoms with Crippen LogP contribution in [0.3, 0.4) is 0 Å². The van der Waals surface area contributed by atoms with Gasteiger partial charge in [0.1, 0.15) is 5.78 Å². The first-order chi connectivity index (χ1) is 15.0. The third-order valence-electron chi connectivity index (χ3n) is 7.29. The summed E-state index contributed by atoms with van der Waals surface area (Å²) in [5, 5.41) is 2.03. The van der Waals surface area contributed by atoms with Crippen LogP contribution in [0.2, 0.25) is 5.02 Å². The Morgan fingerprint density at radius 2 is 2.13 bits per heavy atom. The topological polar surface area (TPSA) is 64.2 Å². The lowest BCUT2D eigenvalue weighted by Crippen LogP contribution is -2.35. The maximum atomic E-state index is 12.4. The Kier molecular flexibility index (Phi) is 5.37. The third kappa shape index (κ3) is 3.59. The summed E-state index contributed by atoms with van der Waals surface area (Å²) in [5.41, 5.74) is 11.8. The lowest BCUT2D eigenvalue weighted by Gasteiger charge is -2.33. The summed E-state index contributed by atoms with van der Waals surface area (Å²) in [4.78, 5) is 19.4. The number of carbonyl (C=O) groups is 1. The molecule has 1 fully saturated rings. The summed E-state index contributed by atoms with van der Waals surface area (Å²) in [6.07, 6.45) is 5.80. The molecule has 2 aliphatic heterocycles. The summed E-state index contributed by atoms with van der Waals surface area (Å²) < 4.78 is 2.45. The minimum atomic E-state index is 0.0387. The second kappa shape index (κ2) is 8.05. The molecule has 3 unspecified atom stereocenters. The second-order valence-corrected chi connectivity index (χ2v) is 9.56. The van der Waals surface area contributed by atoms with Crippen LogP contribution in [0.1, 0.15) is 53.7 Å². The van der Waals surface area contributed by atoms with Crippen molar-refractivity contribution < 1.29 is 4.79 Å². The number of aryl methyl sites for hydroxylation is 1. The van der Waals surface area contributed by atoms with Gasteiger partial charge < -0.3 is 10.3 Å². The van der Waals surface area contributed by atoms with E-state index in [-0.39, 0.29) is 18.2 Å². The molecule has 2 aliphatic rings.